The van der Waals surface area contributed by atoms with Crippen LogP contribution < -0.4 is 11.1 Å². The lowest BCUT2D eigenvalue weighted by Crippen LogP contribution is -2.37. The van der Waals surface area contributed by atoms with Crippen molar-refractivity contribution in [3.63, 3.8) is 0 Å². The second-order valence-corrected chi connectivity index (χ2v) is 3.67. The van der Waals surface area contributed by atoms with Gasteiger partial charge in [-0.15, -0.1) is 0 Å². The lowest BCUT2D eigenvalue weighted by molar-refractivity contribution is 0.105. The normalized spacial score (nSPS) is 32.2. The van der Waals surface area contributed by atoms with E-state index in [4.69, 9.17) is 10.5 Å². The summed E-state index contributed by atoms with van der Waals surface area (Å²) in [4.78, 5) is 0. The molecule has 0 amide bonds. The maximum absolute atomic E-state index is 5.50. The summed E-state index contributed by atoms with van der Waals surface area (Å²) >= 11 is 0. The molecule has 3 nitrogen and oxygen atoms in total. The lowest BCUT2D eigenvalue weighted by atomic mass is 10.0. The largest absolute Gasteiger partial charge is 0.378 e. The molecule has 12 heavy (non-hydrogen) atoms. The Hall–Kier alpha value is -0.120. The topological polar surface area (TPSA) is 47.3 Å². The first kappa shape index (κ1) is 9.96. The summed E-state index contributed by atoms with van der Waals surface area (Å²) in [6, 6.07) is 0.429. The molecule has 0 aromatic rings. The van der Waals surface area contributed by atoms with E-state index >= 15 is 0 Å². The molecule has 1 aliphatic rings. The van der Waals surface area contributed by atoms with Crippen LogP contribution in [0.2, 0.25) is 0 Å². The number of ether oxygens (including phenoxy) is 1. The van der Waals surface area contributed by atoms with Crippen LogP contribution >= 0.6 is 0 Å². The van der Waals surface area contributed by atoms with E-state index < -0.39 is 0 Å². The van der Waals surface area contributed by atoms with E-state index in [1.165, 1.54) is 6.42 Å². The van der Waals surface area contributed by atoms with Crippen molar-refractivity contribution in [2.24, 2.45) is 11.7 Å². The van der Waals surface area contributed by atoms with Crippen molar-refractivity contribution in [2.75, 3.05) is 19.7 Å². The fourth-order valence-corrected chi connectivity index (χ4v) is 1.48. The third-order valence-electron chi connectivity index (χ3n) is 2.62. The van der Waals surface area contributed by atoms with E-state index in [-0.39, 0.29) is 0 Å². The molecule has 1 fully saturated rings. The molecule has 0 spiro atoms. The molecule has 3 atom stereocenters. The van der Waals surface area contributed by atoms with Gasteiger partial charge in [0.25, 0.3) is 0 Å². The van der Waals surface area contributed by atoms with Crippen molar-refractivity contribution >= 4 is 0 Å². The molecule has 3 heteroatoms. The van der Waals surface area contributed by atoms with Crippen LogP contribution in [0.4, 0.5) is 0 Å². The number of hydrogen-bond donors (Lipinski definition) is 2. The highest BCUT2D eigenvalue weighted by Crippen LogP contribution is 2.19. The second-order valence-electron chi connectivity index (χ2n) is 3.67. The standard InChI is InChI=1S/C9H20N2O/c1-7(5-10)11-6-9-3-4-12-8(9)2/h7-9,11H,3-6,10H2,1-2H3/t7-,8?,9?/m1/s1. The summed E-state index contributed by atoms with van der Waals surface area (Å²) in [7, 11) is 0. The maximum atomic E-state index is 5.50. The summed E-state index contributed by atoms with van der Waals surface area (Å²) in [5, 5.41) is 3.40. The zero-order valence-electron chi connectivity index (χ0n) is 8.05. The molecule has 0 aromatic heterocycles. The highest BCUT2D eigenvalue weighted by Gasteiger charge is 2.23. The molecule has 0 saturated carbocycles. The minimum atomic E-state index is 0.419. The van der Waals surface area contributed by atoms with Crippen LogP contribution in [0.15, 0.2) is 0 Å². The second kappa shape index (κ2) is 4.80. The van der Waals surface area contributed by atoms with Crippen molar-refractivity contribution in [2.45, 2.75) is 32.4 Å². The maximum Gasteiger partial charge on any atom is 0.0588 e. The zero-order chi connectivity index (χ0) is 8.97. The number of nitrogens with two attached hydrogens (primary N) is 1. The quantitative estimate of drug-likeness (QED) is 0.643. The molecule has 0 aromatic carbocycles. The van der Waals surface area contributed by atoms with E-state index in [2.05, 4.69) is 19.2 Å². The van der Waals surface area contributed by atoms with Crippen molar-refractivity contribution in [1.29, 1.82) is 0 Å². The molecular formula is C9H20N2O. The van der Waals surface area contributed by atoms with Crippen molar-refractivity contribution < 1.29 is 4.74 Å². The van der Waals surface area contributed by atoms with Crippen LogP contribution in [-0.2, 0) is 4.74 Å². The van der Waals surface area contributed by atoms with Gasteiger partial charge in [-0.2, -0.15) is 0 Å². The lowest BCUT2D eigenvalue weighted by Gasteiger charge is -2.17. The number of hydrogen-bond acceptors (Lipinski definition) is 3. The Morgan fingerprint density at radius 3 is 2.92 bits per heavy atom. The average Bonchev–Trinajstić information content (AvgIpc) is 2.47. The smallest absolute Gasteiger partial charge is 0.0588 e. The predicted molar refractivity (Wildman–Crippen MR) is 50.0 cm³/mol. The Kier molecular flexibility index (Phi) is 3.98. The van der Waals surface area contributed by atoms with Gasteiger partial charge in [-0.3, -0.25) is 0 Å². The van der Waals surface area contributed by atoms with Gasteiger partial charge in [-0.25, -0.2) is 0 Å². The van der Waals surface area contributed by atoms with Gasteiger partial charge in [0.15, 0.2) is 0 Å². The first-order valence-electron chi connectivity index (χ1n) is 4.79. The molecule has 1 heterocycles. The summed E-state index contributed by atoms with van der Waals surface area (Å²) in [5.74, 6) is 0.680. The predicted octanol–water partition coefficient (Wildman–Crippen LogP) is 0.348. The molecule has 3 N–H and O–H groups in total. The molecule has 1 aliphatic heterocycles. The number of rotatable bonds is 4. The Morgan fingerprint density at radius 1 is 1.67 bits per heavy atom. The van der Waals surface area contributed by atoms with E-state index in [9.17, 15) is 0 Å². The zero-order valence-corrected chi connectivity index (χ0v) is 8.05. The summed E-state index contributed by atoms with van der Waals surface area (Å²) in [6.07, 6.45) is 1.60. The fourth-order valence-electron chi connectivity index (χ4n) is 1.48. The summed E-state index contributed by atoms with van der Waals surface area (Å²) in [6.45, 7) is 6.93. The highest BCUT2D eigenvalue weighted by atomic mass is 16.5. The van der Waals surface area contributed by atoms with Crippen molar-refractivity contribution in [1.82, 2.24) is 5.32 Å². The van der Waals surface area contributed by atoms with Crippen LogP contribution in [0.1, 0.15) is 20.3 Å². The first-order chi connectivity index (χ1) is 5.74. The molecule has 1 saturated heterocycles. The third kappa shape index (κ3) is 2.73. The van der Waals surface area contributed by atoms with Crippen LogP contribution in [0.25, 0.3) is 0 Å². The van der Waals surface area contributed by atoms with Crippen LogP contribution in [0.3, 0.4) is 0 Å². The Morgan fingerprint density at radius 2 is 2.42 bits per heavy atom. The Labute approximate surface area is 74.7 Å². The molecule has 1 rings (SSSR count). The first-order valence-corrected chi connectivity index (χ1v) is 4.79. The fraction of sp³-hybridized carbons (Fsp3) is 1.00. The average molecular weight is 172 g/mol. The Bertz CT molecular complexity index is 130. The van der Waals surface area contributed by atoms with Gasteiger partial charge in [0, 0.05) is 25.7 Å². The van der Waals surface area contributed by atoms with Gasteiger partial charge in [-0.1, -0.05) is 0 Å². The van der Waals surface area contributed by atoms with Crippen LogP contribution in [0.5, 0.6) is 0 Å². The molecule has 72 valence electrons. The van der Waals surface area contributed by atoms with Crippen LogP contribution in [-0.4, -0.2) is 31.8 Å². The molecular weight excluding hydrogens is 152 g/mol. The monoisotopic (exact) mass is 172 g/mol. The highest BCUT2D eigenvalue weighted by molar-refractivity contribution is 4.76. The SMILES string of the molecule is CC1OCCC1CN[C@H](C)CN. The Balaban J connectivity index is 2.13. The van der Waals surface area contributed by atoms with E-state index in [1.54, 1.807) is 0 Å². The molecule has 0 aliphatic carbocycles. The van der Waals surface area contributed by atoms with Gasteiger partial charge in [-0.05, 0) is 26.2 Å². The molecule has 0 bridgehead atoms. The van der Waals surface area contributed by atoms with Crippen molar-refractivity contribution in [3.8, 4) is 0 Å². The van der Waals surface area contributed by atoms with Crippen LogP contribution in [0, 0.1) is 5.92 Å². The minimum absolute atomic E-state index is 0.419. The minimum Gasteiger partial charge on any atom is -0.378 e. The number of nitrogens with one attached hydrogen (secondary N) is 1. The summed E-state index contributed by atoms with van der Waals surface area (Å²) < 4.78 is 5.46. The van der Waals surface area contributed by atoms with Gasteiger partial charge in [0.2, 0.25) is 0 Å². The summed E-state index contributed by atoms with van der Waals surface area (Å²) in [5.41, 5.74) is 5.50. The van der Waals surface area contributed by atoms with Gasteiger partial charge in [0.05, 0.1) is 6.10 Å². The molecule has 2 unspecified atom stereocenters. The van der Waals surface area contributed by atoms with E-state index in [0.29, 0.717) is 24.6 Å². The van der Waals surface area contributed by atoms with Crippen molar-refractivity contribution in [3.05, 3.63) is 0 Å². The third-order valence-corrected chi connectivity index (χ3v) is 2.62. The van der Waals surface area contributed by atoms with Gasteiger partial charge >= 0.3 is 0 Å². The van der Waals surface area contributed by atoms with E-state index in [0.717, 1.165) is 13.2 Å². The van der Waals surface area contributed by atoms with Gasteiger partial charge < -0.3 is 15.8 Å². The van der Waals surface area contributed by atoms with Gasteiger partial charge in [0.1, 0.15) is 0 Å². The molecule has 0 radical (unpaired) electrons. The van der Waals surface area contributed by atoms with E-state index in [1.807, 2.05) is 0 Å².